The Kier molecular flexibility index (Phi) is 4.30. The van der Waals surface area contributed by atoms with Crippen LogP contribution < -0.4 is 4.90 Å². The van der Waals surface area contributed by atoms with Crippen molar-refractivity contribution in [2.24, 2.45) is 0 Å². The van der Waals surface area contributed by atoms with Gasteiger partial charge in [-0.05, 0) is 56.3 Å². The standard InChI is InChI=1S/C18H25N3S/c1-2-4-11-20(10-3-1)15-6-5-12-21(14-15)17-7-9-19-16-8-13-22-18(16)17/h7-9,13,15H,1-6,10-12,14H2. The van der Waals surface area contributed by atoms with E-state index in [1.165, 1.54) is 75.1 Å². The van der Waals surface area contributed by atoms with Crippen LogP contribution in [0.3, 0.4) is 0 Å². The first-order valence-electron chi connectivity index (χ1n) is 8.73. The lowest BCUT2D eigenvalue weighted by Gasteiger charge is -2.40. The van der Waals surface area contributed by atoms with Crippen LogP contribution in [0.15, 0.2) is 23.7 Å². The fraction of sp³-hybridized carbons (Fsp3) is 0.611. The van der Waals surface area contributed by atoms with Crippen molar-refractivity contribution in [2.75, 3.05) is 31.1 Å². The van der Waals surface area contributed by atoms with Gasteiger partial charge in [-0.3, -0.25) is 9.88 Å². The number of aromatic nitrogens is 1. The van der Waals surface area contributed by atoms with Gasteiger partial charge in [0.15, 0.2) is 0 Å². The molecule has 2 saturated heterocycles. The molecule has 4 heteroatoms. The lowest BCUT2D eigenvalue weighted by Crippen LogP contribution is -2.48. The van der Waals surface area contributed by atoms with Gasteiger partial charge in [-0.1, -0.05) is 12.8 Å². The summed E-state index contributed by atoms with van der Waals surface area (Å²) in [4.78, 5) is 9.87. The maximum absolute atomic E-state index is 4.49. The second-order valence-electron chi connectivity index (χ2n) is 6.66. The van der Waals surface area contributed by atoms with Crippen LogP contribution >= 0.6 is 11.3 Å². The van der Waals surface area contributed by atoms with Crippen molar-refractivity contribution in [1.29, 1.82) is 0 Å². The largest absolute Gasteiger partial charge is 0.369 e. The van der Waals surface area contributed by atoms with Gasteiger partial charge < -0.3 is 4.90 Å². The topological polar surface area (TPSA) is 19.4 Å². The number of rotatable bonds is 2. The van der Waals surface area contributed by atoms with Crippen molar-refractivity contribution in [3.8, 4) is 0 Å². The van der Waals surface area contributed by atoms with Crippen molar-refractivity contribution in [1.82, 2.24) is 9.88 Å². The molecule has 2 aromatic heterocycles. The number of anilines is 1. The van der Waals surface area contributed by atoms with Crippen LogP contribution in [0.25, 0.3) is 10.2 Å². The smallest absolute Gasteiger partial charge is 0.0830 e. The van der Waals surface area contributed by atoms with Gasteiger partial charge in [0.1, 0.15) is 0 Å². The highest BCUT2D eigenvalue weighted by Gasteiger charge is 2.26. The molecule has 0 amide bonds. The normalized spacial score (nSPS) is 24.5. The summed E-state index contributed by atoms with van der Waals surface area (Å²) in [7, 11) is 0. The summed E-state index contributed by atoms with van der Waals surface area (Å²) >= 11 is 1.83. The third-order valence-electron chi connectivity index (χ3n) is 5.22. The average Bonchev–Trinajstić information content (AvgIpc) is 2.88. The van der Waals surface area contributed by atoms with E-state index in [9.17, 15) is 0 Å². The Bertz CT molecular complexity index is 616. The molecule has 3 nitrogen and oxygen atoms in total. The van der Waals surface area contributed by atoms with Crippen molar-refractivity contribution < 1.29 is 0 Å². The van der Waals surface area contributed by atoms with Crippen molar-refractivity contribution in [2.45, 2.75) is 44.6 Å². The molecule has 0 N–H and O–H groups in total. The molecular formula is C18H25N3S. The lowest BCUT2D eigenvalue weighted by molar-refractivity contribution is 0.182. The van der Waals surface area contributed by atoms with E-state index in [2.05, 4.69) is 32.3 Å². The Morgan fingerprint density at radius 2 is 1.86 bits per heavy atom. The number of fused-ring (bicyclic) bond motifs is 1. The Hall–Kier alpha value is -1.13. The molecule has 22 heavy (non-hydrogen) atoms. The molecule has 1 unspecified atom stereocenters. The van der Waals surface area contributed by atoms with E-state index >= 15 is 0 Å². The van der Waals surface area contributed by atoms with Gasteiger partial charge in [-0.25, -0.2) is 0 Å². The minimum Gasteiger partial charge on any atom is -0.369 e. The summed E-state index contributed by atoms with van der Waals surface area (Å²) in [6.07, 6.45) is 10.3. The molecule has 1 atom stereocenters. The third-order valence-corrected chi connectivity index (χ3v) is 6.14. The van der Waals surface area contributed by atoms with Crippen molar-refractivity contribution in [3.63, 3.8) is 0 Å². The van der Waals surface area contributed by atoms with Gasteiger partial charge in [0.25, 0.3) is 0 Å². The molecule has 0 bridgehead atoms. The van der Waals surface area contributed by atoms with Crippen LogP contribution in [-0.2, 0) is 0 Å². The molecule has 2 aromatic rings. The zero-order valence-electron chi connectivity index (χ0n) is 13.2. The van der Waals surface area contributed by atoms with Gasteiger partial charge in [-0.15, -0.1) is 11.3 Å². The number of hydrogen-bond donors (Lipinski definition) is 0. The number of pyridine rings is 1. The molecule has 0 aromatic carbocycles. The average molecular weight is 315 g/mol. The van der Waals surface area contributed by atoms with Crippen LogP contribution in [-0.4, -0.2) is 42.1 Å². The summed E-state index contributed by atoms with van der Waals surface area (Å²) in [6, 6.07) is 5.10. The van der Waals surface area contributed by atoms with Gasteiger partial charge in [0.05, 0.1) is 15.9 Å². The van der Waals surface area contributed by atoms with Gasteiger partial charge in [0, 0.05) is 25.3 Å². The summed E-state index contributed by atoms with van der Waals surface area (Å²) in [5.41, 5.74) is 2.55. The first-order valence-corrected chi connectivity index (χ1v) is 9.61. The van der Waals surface area contributed by atoms with Crippen molar-refractivity contribution >= 4 is 27.2 Å². The van der Waals surface area contributed by atoms with E-state index in [-0.39, 0.29) is 0 Å². The minimum atomic E-state index is 0.745. The second-order valence-corrected chi connectivity index (χ2v) is 7.57. The molecule has 0 radical (unpaired) electrons. The van der Waals surface area contributed by atoms with E-state index in [0.29, 0.717) is 0 Å². The quantitative estimate of drug-likeness (QED) is 0.830. The maximum Gasteiger partial charge on any atom is 0.0830 e. The monoisotopic (exact) mass is 315 g/mol. The highest BCUT2D eigenvalue weighted by atomic mass is 32.1. The van der Waals surface area contributed by atoms with E-state index in [1.54, 1.807) is 0 Å². The fourth-order valence-electron chi connectivity index (χ4n) is 4.04. The van der Waals surface area contributed by atoms with E-state index in [4.69, 9.17) is 0 Å². The lowest BCUT2D eigenvalue weighted by atomic mass is 10.0. The molecule has 0 spiro atoms. The molecule has 4 rings (SSSR count). The number of likely N-dealkylation sites (tertiary alicyclic amines) is 1. The highest BCUT2D eigenvalue weighted by Crippen LogP contribution is 2.32. The predicted molar refractivity (Wildman–Crippen MR) is 94.9 cm³/mol. The highest BCUT2D eigenvalue weighted by molar-refractivity contribution is 7.17. The zero-order chi connectivity index (χ0) is 14.8. The summed E-state index contributed by atoms with van der Waals surface area (Å²) in [5, 5.41) is 2.16. The number of piperidine rings is 1. The molecule has 0 aliphatic carbocycles. The Morgan fingerprint density at radius 3 is 2.73 bits per heavy atom. The van der Waals surface area contributed by atoms with Crippen LogP contribution in [0.4, 0.5) is 5.69 Å². The zero-order valence-corrected chi connectivity index (χ0v) is 14.0. The van der Waals surface area contributed by atoms with Crippen LogP contribution in [0.2, 0.25) is 0 Å². The van der Waals surface area contributed by atoms with E-state index in [0.717, 1.165) is 11.6 Å². The van der Waals surface area contributed by atoms with Crippen LogP contribution in [0.5, 0.6) is 0 Å². The number of hydrogen-bond acceptors (Lipinski definition) is 4. The molecule has 2 aliphatic heterocycles. The molecule has 2 aliphatic rings. The number of thiophene rings is 1. The van der Waals surface area contributed by atoms with E-state index in [1.807, 2.05) is 17.5 Å². The molecular weight excluding hydrogens is 290 g/mol. The summed E-state index contributed by atoms with van der Waals surface area (Å²) in [5.74, 6) is 0. The Balaban J connectivity index is 1.54. The number of nitrogens with zero attached hydrogens (tertiary/aromatic N) is 3. The molecule has 2 fully saturated rings. The third kappa shape index (κ3) is 2.86. The van der Waals surface area contributed by atoms with Crippen LogP contribution in [0.1, 0.15) is 38.5 Å². The van der Waals surface area contributed by atoms with Gasteiger partial charge >= 0.3 is 0 Å². The first-order chi connectivity index (χ1) is 10.9. The summed E-state index contributed by atoms with van der Waals surface area (Å²) in [6.45, 7) is 5.00. The van der Waals surface area contributed by atoms with Crippen LogP contribution in [0, 0.1) is 0 Å². The Labute approximate surface area is 136 Å². The van der Waals surface area contributed by atoms with Gasteiger partial charge in [-0.2, -0.15) is 0 Å². The van der Waals surface area contributed by atoms with Gasteiger partial charge in [0.2, 0.25) is 0 Å². The predicted octanol–water partition coefficient (Wildman–Crippen LogP) is 4.14. The molecule has 118 valence electrons. The summed E-state index contributed by atoms with van der Waals surface area (Å²) < 4.78 is 1.36. The first kappa shape index (κ1) is 14.5. The molecule has 0 saturated carbocycles. The van der Waals surface area contributed by atoms with E-state index < -0.39 is 0 Å². The maximum atomic E-state index is 4.49. The minimum absolute atomic E-state index is 0.745. The molecule has 4 heterocycles. The Morgan fingerprint density at radius 1 is 1.00 bits per heavy atom. The SMILES string of the molecule is c1cc(N2CCCC(N3CCCCCC3)C2)c2sccc2n1. The fourth-order valence-corrected chi connectivity index (χ4v) is 4.93. The van der Waals surface area contributed by atoms with Crippen molar-refractivity contribution in [3.05, 3.63) is 23.7 Å². The second kappa shape index (κ2) is 6.55.